The monoisotopic (exact) mass is 1520 g/mol. The summed E-state index contributed by atoms with van der Waals surface area (Å²) < 4.78 is 0. The lowest BCUT2D eigenvalue weighted by Gasteiger charge is -2.23. The number of nitrogens with two attached hydrogens (primary N) is 1. The summed E-state index contributed by atoms with van der Waals surface area (Å²) in [6, 6.07) is 41.9. The number of aliphatic hydroxyl groups is 1. The van der Waals surface area contributed by atoms with Crippen molar-refractivity contribution in [1.29, 1.82) is 0 Å². The summed E-state index contributed by atoms with van der Waals surface area (Å²) >= 11 is 0. The van der Waals surface area contributed by atoms with Crippen molar-refractivity contribution in [2.75, 3.05) is 130 Å². The van der Waals surface area contributed by atoms with Gasteiger partial charge in [-0.1, -0.05) is 121 Å². The normalized spacial score (nSPS) is 15.7. The van der Waals surface area contributed by atoms with Gasteiger partial charge in [-0.3, -0.25) is 38.8 Å². The minimum atomic E-state index is -0.0107. The van der Waals surface area contributed by atoms with Gasteiger partial charge in [-0.15, -0.1) is 0 Å². The molecule has 6 amide bonds. The van der Waals surface area contributed by atoms with Crippen LogP contribution in [0.25, 0.3) is 51.6 Å². The van der Waals surface area contributed by atoms with E-state index in [4.69, 9.17) is 15.8 Å². The number of unbranched alkanes of at least 4 members (excludes halogenated alkanes) is 1. The Morgan fingerprint density at radius 1 is 0.455 bits per heavy atom. The smallest absolute Gasteiger partial charge is 0.253 e. The van der Waals surface area contributed by atoms with Crippen LogP contribution in [0.1, 0.15) is 193 Å². The maximum atomic E-state index is 13.7. The van der Waals surface area contributed by atoms with Gasteiger partial charge in [0.2, 0.25) is 17.7 Å². The molecule has 0 radical (unpaired) electrons. The highest BCUT2D eigenvalue weighted by Crippen LogP contribution is 2.36. The predicted octanol–water partition coefficient (Wildman–Crippen LogP) is 15.4. The summed E-state index contributed by atoms with van der Waals surface area (Å²) in [6.07, 6.45) is 19.9. The number of nitrogens with zero attached hydrogens (tertiary/aromatic N) is 10. The molecule has 6 heterocycles. The third-order valence-electron chi connectivity index (χ3n) is 20.9. The number of hydrogen-bond donors (Lipinski definition) is 5. The average molecular weight is 1520 g/mol. The van der Waals surface area contributed by atoms with Crippen LogP contribution in [0.4, 0.5) is 17.1 Å². The predicted molar refractivity (Wildman–Crippen MR) is 459 cm³/mol. The number of aliphatic imine (C=N–C) groups is 3. The molecule has 6 aromatic rings. The van der Waals surface area contributed by atoms with Crippen LogP contribution in [0.3, 0.4) is 0 Å². The molecule has 0 atom stereocenters. The zero-order valence-electron chi connectivity index (χ0n) is 66.7. The second-order valence-electron chi connectivity index (χ2n) is 29.7. The highest BCUT2D eigenvalue weighted by molar-refractivity contribution is 6.12. The number of benzene rings is 6. The van der Waals surface area contributed by atoms with Crippen molar-refractivity contribution < 1.29 is 33.9 Å². The molecule has 6 aromatic carbocycles. The number of hydrazine groups is 1. The summed E-state index contributed by atoms with van der Waals surface area (Å²) in [5.41, 5.74) is 18.5. The van der Waals surface area contributed by atoms with Gasteiger partial charge in [0.1, 0.15) is 17.5 Å². The number of aliphatic hydroxyl groups excluding tert-OH is 1. The highest BCUT2D eigenvalue weighted by Gasteiger charge is 2.28. The SMILES string of the molecule is C.CCCCN(CCC)C(=O)C1=Cc2ccc(-c3ccc(C(=O)N4CCCC4)cc3)cc2NC(=NCCN(C)C)C1.CCCN(CCC)C(=O)C1=Cc2ccc(-c3ccc(C(=O)N4CCCC4)cc3)cc2N=C(NN)C1.CCCN(CCCO)C(=O)C1=Cc2ccc(-c3ccc(C(=O)N4CCCC4)cc3)cc2NC(=NC)C1. The van der Waals surface area contributed by atoms with Gasteiger partial charge in [0.15, 0.2) is 0 Å². The molecular weight excluding hydrogens is 1400 g/mol. The van der Waals surface area contributed by atoms with Gasteiger partial charge in [0, 0.05) is 168 Å². The van der Waals surface area contributed by atoms with Gasteiger partial charge in [0.25, 0.3) is 17.7 Å². The van der Waals surface area contributed by atoms with Crippen molar-refractivity contribution in [3.8, 4) is 33.4 Å². The number of likely N-dealkylation sites (tertiary alicyclic amines) is 3. The molecule has 0 aromatic heterocycles. The first-order valence-corrected chi connectivity index (χ1v) is 40.4. The third kappa shape index (κ3) is 22.9. The number of fused-ring (bicyclic) bond motifs is 3. The Hall–Kier alpha value is -10.4. The first-order valence-electron chi connectivity index (χ1n) is 40.4. The van der Waals surface area contributed by atoms with Gasteiger partial charge >= 0.3 is 0 Å². The van der Waals surface area contributed by atoms with Gasteiger partial charge in [0.05, 0.1) is 12.2 Å². The van der Waals surface area contributed by atoms with Crippen LogP contribution in [0.15, 0.2) is 159 Å². The number of anilines is 2. The molecule has 0 aliphatic carbocycles. The number of amides is 6. The van der Waals surface area contributed by atoms with Crippen LogP contribution < -0.4 is 21.9 Å². The molecule has 6 aliphatic rings. The summed E-state index contributed by atoms with van der Waals surface area (Å²) in [5, 5.41) is 16.2. The average Bonchev–Trinajstić information content (AvgIpc) is 1.79. The molecule has 6 N–H and O–H groups in total. The van der Waals surface area contributed by atoms with Crippen LogP contribution in [0, 0.1) is 0 Å². The second-order valence-corrected chi connectivity index (χ2v) is 29.7. The van der Waals surface area contributed by atoms with E-state index >= 15 is 0 Å². The largest absolute Gasteiger partial charge is 0.396 e. The Balaban J connectivity index is 0.000000192. The fourth-order valence-corrected chi connectivity index (χ4v) is 14.8. The van der Waals surface area contributed by atoms with E-state index in [1.807, 2.05) is 172 Å². The summed E-state index contributed by atoms with van der Waals surface area (Å²) in [4.78, 5) is 106. The third-order valence-corrected chi connectivity index (χ3v) is 20.9. The summed E-state index contributed by atoms with van der Waals surface area (Å²) in [5.74, 6) is 8.31. The minimum Gasteiger partial charge on any atom is -0.396 e. The molecule has 21 heteroatoms. The van der Waals surface area contributed by atoms with Gasteiger partial charge in [-0.25, -0.2) is 10.8 Å². The van der Waals surface area contributed by atoms with Gasteiger partial charge in [-0.2, -0.15) is 0 Å². The maximum absolute atomic E-state index is 13.7. The number of carbonyl (C=O) groups excluding carboxylic acids is 6. The van der Waals surface area contributed by atoms with Crippen molar-refractivity contribution in [3.05, 3.63) is 177 Å². The molecule has 3 saturated heterocycles. The van der Waals surface area contributed by atoms with Crippen molar-refractivity contribution in [2.24, 2.45) is 20.8 Å². The number of carbonyl (C=O) groups is 6. The number of likely N-dealkylation sites (N-methyl/N-ethyl adjacent to an activating group) is 1. The molecule has 0 unspecified atom stereocenters. The van der Waals surface area contributed by atoms with E-state index in [1.54, 1.807) is 7.05 Å². The Bertz CT molecular complexity index is 4380. The van der Waals surface area contributed by atoms with Crippen LogP contribution in [-0.2, 0) is 14.4 Å². The van der Waals surface area contributed by atoms with E-state index < -0.39 is 0 Å². The molecule has 0 saturated carbocycles. The Kier molecular flexibility index (Phi) is 32.8. The molecule has 0 bridgehead atoms. The maximum Gasteiger partial charge on any atom is 0.253 e. The fraction of sp³-hybridized carbons (Fsp3) is 0.440. The lowest BCUT2D eigenvalue weighted by molar-refractivity contribution is -0.128. The summed E-state index contributed by atoms with van der Waals surface area (Å²) in [6.45, 7) is 21.3. The number of nitrogens with one attached hydrogen (secondary N) is 3. The molecule has 6 aliphatic heterocycles. The van der Waals surface area contributed by atoms with Crippen molar-refractivity contribution in [1.82, 2.24) is 39.7 Å². The van der Waals surface area contributed by atoms with E-state index in [-0.39, 0.29) is 49.5 Å². The van der Waals surface area contributed by atoms with E-state index in [2.05, 4.69) is 77.9 Å². The lowest BCUT2D eigenvalue weighted by Crippen LogP contribution is -2.36. The molecule has 21 nitrogen and oxygen atoms in total. The zero-order chi connectivity index (χ0) is 78.8. The van der Waals surface area contributed by atoms with Crippen molar-refractivity contribution in [2.45, 2.75) is 145 Å². The van der Waals surface area contributed by atoms with E-state index in [9.17, 15) is 33.9 Å². The molecule has 3 fully saturated rings. The molecule has 12 rings (SSSR count). The molecular formula is C91H120N14O7. The Morgan fingerprint density at radius 3 is 1.20 bits per heavy atom. The number of rotatable bonds is 26. The lowest BCUT2D eigenvalue weighted by atomic mass is 9.99. The van der Waals surface area contributed by atoms with Gasteiger partial charge < -0.3 is 55.5 Å². The van der Waals surface area contributed by atoms with Crippen molar-refractivity contribution >= 4 is 88.2 Å². The van der Waals surface area contributed by atoms with E-state index in [0.717, 1.165) is 245 Å². The standard InChI is InChI=1S/C33H45N5O2.C29H36N4O3.C28H35N5O2.CH4/c1-5-7-18-37(17-6-2)33(40)29-22-28-15-14-27(23-30(28)35-31(24-29)34-16-21-36(3)4)25-10-12-26(13-11-25)32(39)38-19-8-9-20-38;1-3-13-32(16-6-17-34)29(36)25-18-24-12-11-23(19-26(24)31-27(20-25)30-2)21-7-9-22(10-8-21)28(35)33-14-4-5-15-33;1-3-13-32(14-4-2)28(35)24-17-23-12-11-22(18-25(23)30-26(19-24)31-29)20-7-9-21(10-8-20)27(34)33-15-5-6-16-33;/h10-15,22-23H,5-9,16-21,24H2,1-4H3,(H,34,35);7-12,18-19,34H,3-6,13-17,20H2,1-2H3,(H,30,31);7-12,17-18H,3-6,13-16,19,29H2,1-2H3,(H,30,31);1H4. The van der Waals surface area contributed by atoms with Crippen LogP contribution in [0.2, 0.25) is 0 Å². The quantitative estimate of drug-likeness (QED) is 0.0251. The Labute approximate surface area is 664 Å². The van der Waals surface area contributed by atoms with E-state index in [0.29, 0.717) is 67.9 Å². The van der Waals surface area contributed by atoms with Crippen LogP contribution >= 0.6 is 0 Å². The highest BCUT2D eigenvalue weighted by atomic mass is 16.3. The van der Waals surface area contributed by atoms with Crippen LogP contribution in [0.5, 0.6) is 0 Å². The number of amidine groups is 3. The first-order chi connectivity index (χ1) is 54.0. The van der Waals surface area contributed by atoms with E-state index in [1.165, 1.54) is 0 Å². The zero-order valence-corrected chi connectivity index (χ0v) is 66.7. The molecule has 0 spiro atoms. The summed E-state index contributed by atoms with van der Waals surface area (Å²) in [7, 11) is 5.81. The molecule has 596 valence electrons. The minimum absolute atomic E-state index is 0. The number of hydrogen-bond acceptors (Lipinski definition) is 13. The van der Waals surface area contributed by atoms with Crippen molar-refractivity contribution in [3.63, 3.8) is 0 Å². The van der Waals surface area contributed by atoms with Crippen LogP contribution in [-0.4, -0.2) is 212 Å². The second kappa shape index (κ2) is 42.9. The molecule has 112 heavy (non-hydrogen) atoms. The fourth-order valence-electron chi connectivity index (χ4n) is 14.8. The topological polar surface area (TPSA) is 245 Å². The van der Waals surface area contributed by atoms with Gasteiger partial charge in [-0.05, 0) is 208 Å². The first kappa shape index (κ1) is 85.6. The Morgan fingerprint density at radius 2 is 0.812 bits per heavy atom.